The summed E-state index contributed by atoms with van der Waals surface area (Å²) in [6.45, 7) is 0. The van der Waals surface area contributed by atoms with E-state index in [4.69, 9.17) is 9.11 Å². The van der Waals surface area contributed by atoms with E-state index < -0.39 is 20.4 Å². The van der Waals surface area contributed by atoms with E-state index in [1.165, 1.54) is 12.1 Å². The molecule has 0 heterocycles. The fraction of sp³-hybridized carbons (Fsp3) is 0. The minimum absolute atomic E-state index is 0.185. The Labute approximate surface area is 161 Å². The van der Waals surface area contributed by atoms with Crippen LogP contribution in [0.25, 0.3) is 10.8 Å². The van der Waals surface area contributed by atoms with E-state index in [-0.39, 0.29) is 10.6 Å². The van der Waals surface area contributed by atoms with Crippen LogP contribution in [0.15, 0.2) is 71.6 Å². The maximum absolute atomic E-state index is 10.6. The zero-order valence-electron chi connectivity index (χ0n) is 14.2. The van der Waals surface area contributed by atoms with Gasteiger partial charge >= 0.3 is 10.3 Å². The number of fused-ring (bicyclic) bond motifs is 1. The van der Waals surface area contributed by atoms with Gasteiger partial charge in [0.2, 0.25) is 0 Å². The molecule has 0 spiro atoms. The number of benzene rings is 3. The summed E-state index contributed by atoms with van der Waals surface area (Å²) in [7, 11) is -8.67. The highest BCUT2D eigenvalue weighted by Crippen LogP contribution is 2.16. The van der Waals surface area contributed by atoms with Crippen molar-refractivity contribution >= 4 is 43.2 Å². The molecule has 0 radical (unpaired) electrons. The average Bonchev–Trinajstić information content (AvgIpc) is 2.65. The molecule has 148 valence electrons. The van der Waals surface area contributed by atoms with Crippen LogP contribution >= 0.6 is 0 Å². The molecule has 0 bridgehead atoms. The number of hydrogen-bond acceptors (Lipinski definition) is 6. The largest absolute Gasteiger partial charge is 0.350 e. The summed E-state index contributed by atoms with van der Waals surface area (Å²) in [5.74, 6) is 0. The van der Waals surface area contributed by atoms with Gasteiger partial charge in [-0.2, -0.15) is 16.8 Å². The summed E-state index contributed by atoms with van der Waals surface area (Å²) in [6.07, 6.45) is 0.891. The lowest BCUT2D eigenvalue weighted by molar-refractivity contribution is 0.112. The average molecular weight is 424 g/mol. The van der Waals surface area contributed by atoms with Gasteiger partial charge in [0, 0.05) is 11.3 Å². The predicted molar refractivity (Wildman–Crippen MR) is 104 cm³/mol. The van der Waals surface area contributed by atoms with Crippen molar-refractivity contribution < 1.29 is 30.7 Å². The predicted octanol–water partition coefficient (Wildman–Crippen LogP) is 2.30. The molecule has 0 amide bonds. The molecule has 0 fully saturated rings. The molecule has 11 heteroatoms. The Bertz CT molecular complexity index is 1170. The monoisotopic (exact) mass is 424 g/mol. The second-order valence-corrected chi connectivity index (χ2v) is 7.96. The third-order valence-corrected chi connectivity index (χ3v) is 4.65. The SMILES string of the molecule is O=Cc1cccc2ccccc12.O=S(=O)(O)NNc1ccc(S(=O)(=O)O)cc1. The van der Waals surface area contributed by atoms with Crippen molar-refractivity contribution in [1.82, 2.24) is 4.83 Å². The highest BCUT2D eigenvalue weighted by atomic mass is 32.2. The number of anilines is 1. The Balaban J connectivity index is 0.000000207. The van der Waals surface area contributed by atoms with Crippen molar-refractivity contribution in [2.45, 2.75) is 4.90 Å². The van der Waals surface area contributed by atoms with E-state index in [2.05, 4.69) is 5.43 Å². The molecule has 3 rings (SSSR count). The van der Waals surface area contributed by atoms with E-state index in [1.807, 2.05) is 42.5 Å². The molecule has 3 aromatic rings. The van der Waals surface area contributed by atoms with Crippen LogP contribution in [0.1, 0.15) is 10.4 Å². The summed E-state index contributed by atoms with van der Waals surface area (Å²) in [5.41, 5.74) is 3.04. The molecule has 0 aliphatic heterocycles. The molecule has 0 aliphatic carbocycles. The normalized spacial score (nSPS) is 11.4. The third kappa shape index (κ3) is 6.40. The van der Waals surface area contributed by atoms with Gasteiger partial charge in [0.1, 0.15) is 0 Å². The number of hydrazine groups is 1. The molecule has 0 saturated carbocycles. The molecule has 0 atom stereocenters. The maximum atomic E-state index is 10.6. The molecule has 9 nitrogen and oxygen atoms in total. The first-order valence-corrected chi connectivity index (χ1v) is 10.5. The molecule has 0 aliphatic rings. The molecular weight excluding hydrogens is 408 g/mol. The summed E-state index contributed by atoms with van der Waals surface area (Å²) in [4.78, 5) is 11.9. The Morgan fingerprint density at radius 1 is 0.786 bits per heavy atom. The van der Waals surface area contributed by atoms with Crippen molar-refractivity contribution in [1.29, 1.82) is 0 Å². The van der Waals surface area contributed by atoms with Crippen LogP contribution in [-0.2, 0) is 20.4 Å². The minimum atomic E-state index is -4.39. The highest BCUT2D eigenvalue weighted by molar-refractivity contribution is 7.85. The van der Waals surface area contributed by atoms with Crippen molar-refractivity contribution in [3.05, 3.63) is 72.3 Å². The Morgan fingerprint density at radius 2 is 1.39 bits per heavy atom. The first-order chi connectivity index (χ1) is 13.1. The molecule has 28 heavy (non-hydrogen) atoms. The quantitative estimate of drug-likeness (QED) is 0.277. The second kappa shape index (κ2) is 8.91. The van der Waals surface area contributed by atoms with Gasteiger partial charge in [-0.3, -0.25) is 13.9 Å². The zero-order chi connectivity index (χ0) is 20.8. The zero-order valence-corrected chi connectivity index (χ0v) is 15.8. The molecule has 4 N–H and O–H groups in total. The number of nitrogens with one attached hydrogen (secondary N) is 2. The van der Waals surface area contributed by atoms with Gasteiger partial charge in [-0.1, -0.05) is 42.5 Å². The van der Waals surface area contributed by atoms with E-state index in [1.54, 1.807) is 4.83 Å². The van der Waals surface area contributed by atoms with Crippen LogP contribution in [0.2, 0.25) is 0 Å². The van der Waals surface area contributed by atoms with Crippen molar-refractivity contribution in [3.8, 4) is 0 Å². The maximum Gasteiger partial charge on any atom is 0.350 e. The van der Waals surface area contributed by atoms with Gasteiger partial charge in [-0.15, -0.1) is 4.83 Å². The summed E-state index contributed by atoms with van der Waals surface area (Å²) < 4.78 is 58.8. The van der Waals surface area contributed by atoms with Crippen LogP contribution in [0.3, 0.4) is 0 Å². The number of hydrogen-bond donors (Lipinski definition) is 4. The summed E-state index contributed by atoms with van der Waals surface area (Å²) in [6, 6.07) is 18.1. The first kappa shape index (κ1) is 21.5. The van der Waals surface area contributed by atoms with E-state index in [0.29, 0.717) is 0 Å². The molecule has 3 aromatic carbocycles. The van der Waals surface area contributed by atoms with Gasteiger partial charge in [0.15, 0.2) is 6.29 Å². The van der Waals surface area contributed by atoms with Crippen LogP contribution in [0.4, 0.5) is 5.69 Å². The lowest BCUT2D eigenvalue weighted by Gasteiger charge is -2.05. The van der Waals surface area contributed by atoms with Gasteiger partial charge < -0.3 is 5.43 Å². The number of carbonyl (C=O) groups is 1. The van der Waals surface area contributed by atoms with Crippen LogP contribution < -0.4 is 10.3 Å². The lowest BCUT2D eigenvalue weighted by atomic mass is 10.1. The van der Waals surface area contributed by atoms with E-state index in [9.17, 15) is 21.6 Å². The summed E-state index contributed by atoms with van der Waals surface area (Å²) >= 11 is 0. The number of aldehydes is 1. The first-order valence-electron chi connectivity index (χ1n) is 7.61. The molecular formula is C17H16N2O7S2. The highest BCUT2D eigenvalue weighted by Gasteiger charge is 2.08. The lowest BCUT2D eigenvalue weighted by Crippen LogP contribution is -2.28. The van der Waals surface area contributed by atoms with Crippen LogP contribution in [0.5, 0.6) is 0 Å². The molecule has 0 unspecified atom stereocenters. The van der Waals surface area contributed by atoms with Gasteiger partial charge in [-0.05, 0) is 35.0 Å². The fourth-order valence-corrected chi connectivity index (χ4v) is 2.91. The smallest absolute Gasteiger partial charge is 0.306 e. The summed E-state index contributed by atoms with van der Waals surface area (Å²) in [5, 5.41) is 2.14. The Kier molecular flexibility index (Phi) is 6.83. The van der Waals surface area contributed by atoms with Gasteiger partial charge in [-0.25, -0.2) is 0 Å². The van der Waals surface area contributed by atoms with Crippen LogP contribution in [0, 0.1) is 0 Å². The minimum Gasteiger partial charge on any atom is -0.306 e. The van der Waals surface area contributed by atoms with Gasteiger partial charge in [0.05, 0.1) is 4.90 Å². The van der Waals surface area contributed by atoms with Crippen LogP contribution in [-0.4, -0.2) is 32.2 Å². The van der Waals surface area contributed by atoms with E-state index >= 15 is 0 Å². The van der Waals surface area contributed by atoms with Crippen molar-refractivity contribution in [3.63, 3.8) is 0 Å². The standard InChI is InChI=1S/C11H8O.C6H8N2O6S2/c12-8-10-6-3-5-9-4-1-2-7-11(9)10;9-15(10,11)6-3-1-5(2-4-6)7-8-16(12,13)14/h1-8H;1-4,7-8H,(H,9,10,11)(H,12,13,14). The van der Waals surface area contributed by atoms with Crippen molar-refractivity contribution in [2.75, 3.05) is 5.43 Å². The van der Waals surface area contributed by atoms with Crippen molar-refractivity contribution in [2.24, 2.45) is 0 Å². The third-order valence-electron chi connectivity index (χ3n) is 3.43. The number of carbonyl (C=O) groups excluding carboxylic acids is 1. The fourth-order valence-electron chi connectivity index (χ4n) is 2.19. The Hall–Kier alpha value is -2.83. The van der Waals surface area contributed by atoms with Gasteiger partial charge in [0.25, 0.3) is 10.1 Å². The Morgan fingerprint density at radius 3 is 1.96 bits per heavy atom. The topological polar surface area (TPSA) is 150 Å². The molecule has 0 aromatic heterocycles. The van der Waals surface area contributed by atoms with E-state index in [0.717, 1.165) is 34.8 Å². The second-order valence-electron chi connectivity index (χ2n) is 5.39. The molecule has 0 saturated heterocycles. The number of rotatable bonds is 5.